The fourth-order valence-electron chi connectivity index (χ4n) is 2.64. The molecule has 3 aromatic rings. The second-order valence-corrected chi connectivity index (χ2v) is 5.81. The molecule has 2 amide bonds. The lowest BCUT2D eigenvalue weighted by Crippen LogP contribution is -2.19. The molecule has 8 heteroatoms. The number of aromatic nitrogens is 1. The Hall–Kier alpha value is -3.19. The van der Waals surface area contributed by atoms with Gasteiger partial charge in [0.15, 0.2) is 11.5 Å². The second kappa shape index (κ2) is 6.97. The van der Waals surface area contributed by atoms with Gasteiger partial charge in [0.1, 0.15) is 5.69 Å². The maximum absolute atomic E-state index is 12.7. The van der Waals surface area contributed by atoms with Gasteiger partial charge in [-0.3, -0.25) is 9.59 Å². The summed E-state index contributed by atoms with van der Waals surface area (Å²) >= 11 is 6.30. The van der Waals surface area contributed by atoms with Crippen molar-refractivity contribution in [2.45, 2.75) is 0 Å². The van der Waals surface area contributed by atoms with Crippen LogP contribution >= 0.6 is 11.6 Å². The third-order valence-corrected chi connectivity index (χ3v) is 4.30. The standard InChI is InChI=1S/C18H16ClN3O4/c1-25-13-7-10(17(20)23)12(8-14(13)26-2)22-18(24)16-15(19)9-5-3-4-6-11(9)21-16/h3-8,21H,1-2H3,(H2,20,23)(H,22,24). The first-order chi connectivity index (χ1) is 12.5. The first-order valence-electron chi connectivity index (χ1n) is 7.59. The highest BCUT2D eigenvalue weighted by molar-refractivity contribution is 6.39. The third-order valence-electron chi connectivity index (χ3n) is 3.91. The molecule has 134 valence electrons. The zero-order valence-electron chi connectivity index (χ0n) is 14.1. The van der Waals surface area contributed by atoms with Crippen LogP contribution in [-0.2, 0) is 0 Å². The average molecular weight is 374 g/mol. The lowest BCUT2D eigenvalue weighted by atomic mass is 10.1. The number of primary amides is 1. The number of hydrogen-bond acceptors (Lipinski definition) is 4. The van der Waals surface area contributed by atoms with Crippen molar-refractivity contribution in [3.8, 4) is 11.5 Å². The van der Waals surface area contributed by atoms with Crippen molar-refractivity contribution < 1.29 is 19.1 Å². The van der Waals surface area contributed by atoms with Gasteiger partial charge in [-0.15, -0.1) is 0 Å². The maximum Gasteiger partial charge on any atom is 0.273 e. The van der Waals surface area contributed by atoms with Gasteiger partial charge >= 0.3 is 0 Å². The number of anilines is 1. The number of fused-ring (bicyclic) bond motifs is 1. The molecule has 0 spiro atoms. The number of hydrogen-bond donors (Lipinski definition) is 3. The van der Waals surface area contributed by atoms with Crippen LogP contribution in [0, 0.1) is 0 Å². The van der Waals surface area contributed by atoms with Crippen LogP contribution in [0.2, 0.25) is 5.02 Å². The van der Waals surface area contributed by atoms with Crippen LogP contribution in [0.4, 0.5) is 5.69 Å². The van der Waals surface area contributed by atoms with Gasteiger partial charge < -0.3 is 25.5 Å². The van der Waals surface area contributed by atoms with E-state index in [4.69, 9.17) is 26.8 Å². The molecule has 1 heterocycles. The number of amides is 2. The summed E-state index contributed by atoms with van der Waals surface area (Å²) in [7, 11) is 2.88. The van der Waals surface area contributed by atoms with Crippen LogP contribution < -0.4 is 20.5 Å². The van der Waals surface area contributed by atoms with E-state index in [1.807, 2.05) is 18.2 Å². The predicted octanol–water partition coefficient (Wildman–Crippen LogP) is 3.19. The Labute approximate surface area is 154 Å². The number of para-hydroxylation sites is 1. The number of halogens is 1. The van der Waals surface area contributed by atoms with Gasteiger partial charge in [0.2, 0.25) is 0 Å². The van der Waals surface area contributed by atoms with E-state index in [9.17, 15) is 9.59 Å². The number of carbonyl (C=O) groups is 2. The number of nitrogens with one attached hydrogen (secondary N) is 2. The van der Waals surface area contributed by atoms with Gasteiger partial charge in [-0.1, -0.05) is 29.8 Å². The Balaban J connectivity index is 2.02. The molecule has 2 aromatic carbocycles. The average Bonchev–Trinajstić information content (AvgIpc) is 2.98. The van der Waals surface area contributed by atoms with Crippen molar-refractivity contribution in [1.29, 1.82) is 0 Å². The highest BCUT2D eigenvalue weighted by Gasteiger charge is 2.20. The van der Waals surface area contributed by atoms with Crippen molar-refractivity contribution >= 4 is 40.0 Å². The molecule has 0 aliphatic heterocycles. The van der Waals surface area contributed by atoms with E-state index in [-0.39, 0.29) is 16.9 Å². The monoisotopic (exact) mass is 373 g/mol. The van der Waals surface area contributed by atoms with Crippen molar-refractivity contribution in [3.63, 3.8) is 0 Å². The molecular weight excluding hydrogens is 358 g/mol. The van der Waals surface area contributed by atoms with Crippen LogP contribution in [0.1, 0.15) is 20.8 Å². The zero-order chi connectivity index (χ0) is 18.8. The summed E-state index contributed by atoms with van der Waals surface area (Å²) in [5.74, 6) is -0.566. The predicted molar refractivity (Wildman–Crippen MR) is 99.3 cm³/mol. The molecule has 0 unspecified atom stereocenters. The Morgan fingerprint density at radius 3 is 2.38 bits per heavy atom. The molecule has 0 saturated heterocycles. The van der Waals surface area contributed by atoms with Crippen molar-refractivity contribution in [2.75, 3.05) is 19.5 Å². The number of carbonyl (C=O) groups excluding carboxylic acids is 2. The quantitative estimate of drug-likeness (QED) is 0.638. The summed E-state index contributed by atoms with van der Waals surface area (Å²) in [6.07, 6.45) is 0. The fourth-order valence-corrected chi connectivity index (χ4v) is 2.93. The first kappa shape index (κ1) is 17.6. The SMILES string of the molecule is COc1cc(NC(=O)c2[nH]c3ccccc3c2Cl)c(C(N)=O)cc1OC. The summed E-state index contributed by atoms with van der Waals surface area (Å²) in [5.41, 5.74) is 6.60. The minimum absolute atomic E-state index is 0.0863. The number of aromatic amines is 1. The Bertz CT molecular complexity index is 1010. The summed E-state index contributed by atoms with van der Waals surface area (Å²) in [6.45, 7) is 0. The van der Waals surface area contributed by atoms with Crippen LogP contribution in [0.5, 0.6) is 11.5 Å². The summed E-state index contributed by atoms with van der Waals surface area (Å²) in [5, 5.41) is 3.66. The first-order valence-corrected chi connectivity index (χ1v) is 7.97. The Morgan fingerprint density at radius 2 is 1.77 bits per heavy atom. The highest BCUT2D eigenvalue weighted by atomic mass is 35.5. The molecular formula is C18H16ClN3O4. The number of H-pyrrole nitrogens is 1. The van der Waals surface area contributed by atoms with Crippen LogP contribution in [0.15, 0.2) is 36.4 Å². The molecule has 26 heavy (non-hydrogen) atoms. The van der Waals surface area contributed by atoms with E-state index < -0.39 is 11.8 Å². The normalized spacial score (nSPS) is 10.6. The topological polar surface area (TPSA) is 106 Å². The largest absolute Gasteiger partial charge is 0.493 e. The number of rotatable bonds is 5. The molecule has 1 aromatic heterocycles. The lowest BCUT2D eigenvalue weighted by molar-refractivity contribution is 0.100. The number of nitrogens with two attached hydrogens (primary N) is 1. The van der Waals surface area contributed by atoms with Crippen LogP contribution in [0.3, 0.4) is 0 Å². The van der Waals surface area contributed by atoms with E-state index in [2.05, 4.69) is 10.3 Å². The molecule has 0 atom stereocenters. The lowest BCUT2D eigenvalue weighted by Gasteiger charge is -2.14. The van der Waals surface area contributed by atoms with Gasteiger partial charge in [-0.2, -0.15) is 0 Å². The van der Waals surface area contributed by atoms with Crippen molar-refractivity contribution in [3.05, 3.63) is 52.7 Å². The van der Waals surface area contributed by atoms with Crippen LogP contribution in [0.25, 0.3) is 10.9 Å². The van der Waals surface area contributed by atoms with Gasteiger partial charge in [-0.05, 0) is 12.1 Å². The van der Waals surface area contributed by atoms with Gasteiger partial charge in [0, 0.05) is 17.0 Å². The summed E-state index contributed by atoms with van der Waals surface area (Å²) < 4.78 is 10.4. The third kappa shape index (κ3) is 3.04. The van der Waals surface area contributed by atoms with Crippen molar-refractivity contribution in [2.24, 2.45) is 5.73 Å². The Kier molecular flexibility index (Phi) is 4.73. The second-order valence-electron chi connectivity index (χ2n) is 5.43. The van der Waals surface area contributed by atoms with Gasteiger partial charge in [-0.25, -0.2) is 0 Å². The summed E-state index contributed by atoms with van der Waals surface area (Å²) in [4.78, 5) is 27.4. The molecule has 0 radical (unpaired) electrons. The number of methoxy groups -OCH3 is 2. The van der Waals surface area contributed by atoms with Crippen molar-refractivity contribution in [1.82, 2.24) is 4.98 Å². The van der Waals surface area contributed by atoms with E-state index in [1.54, 1.807) is 6.07 Å². The van der Waals surface area contributed by atoms with E-state index in [1.165, 1.54) is 26.4 Å². The van der Waals surface area contributed by atoms with Crippen LogP contribution in [-0.4, -0.2) is 31.0 Å². The molecule has 0 fully saturated rings. The number of benzene rings is 2. The Morgan fingerprint density at radius 1 is 1.12 bits per heavy atom. The highest BCUT2D eigenvalue weighted by Crippen LogP contribution is 2.34. The minimum atomic E-state index is -0.719. The molecule has 0 aliphatic rings. The molecule has 0 aliphatic carbocycles. The molecule has 3 rings (SSSR count). The number of ether oxygens (including phenoxy) is 2. The molecule has 7 nitrogen and oxygen atoms in total. The smallest absolute Gasteiger partial charge is 0.273 e. The fraction of sp³-hybridized carbons (Fsp3) is 0.111. The molecule has 0 bridgehead atoms. The van der Waals surface area contributed by atoms with E-state index >= 15 is 0 Å². The summed E-state index contributed by atoms with van der Waals surface area (Å²) in [6, 6.07) is 10.1. The minimum Gasteiger partial charge on any atom is -0.493 e. The van der Waals surface area contributed by atoms with E-state index in [0.717, 1.165) is 10.9 Å². The molecule has 4 N–H and O–H groups in total. The zero-order valence-corrected chi connectivity index (χ0v) is 14.8. The molecule has 0 saturated carbocycles. The van der Waals surface area contributed by atoms with E-state index in [0.29, 0.717) is 16.5 Å². The van der Waals surface area contributed by atoms with Gasteiger partial charge in [0.05, 0.1) is 30.5 Å². The van der Waals surface area contributed by atoms with Gasteiger partial charge in [0.25, 0.3) is 11.8 Å². The maximum atomic E-state index is 12.7.